The second kappa shape index (κ2) is 5.85. The van der Waals surface area contributed by atoms with E-state index in [0.717, 1.165) is 25.9 Å². The number of carbonyl (C=O) groups is 1. The highest BCUT2D eigenvalue weighted by Crippen LogP contribution is 2.25. The number of amides is 1. The van der Waals surface area contributed by atoms with Crippen molar-refractivity contribution in [3.05, 3.63) is 0 Å². The van der Waals surface area contributed by atoms with Crippen molar-refractivity contribution in [2.45, 2.75) is 53.5 Å². The van der Waals surface area contributed by atoms with Crippen LogP contribution in [0.25, 0.3) is 0 Å². The van der Waals surface area contributed by atoms with Crippen LogP contribution in [0.15, 0.2) is 0 Å². The standard InChI is InChI=1S/C14H28N2O/c1-10(2)14(4,5)9-16-13(17)12-7-6-8-15-11(12)3/h10-12,15H,6-9H2,1-5H3,(H,16,17). The van der Waals surface area contributed by atoms with Gasteiger partial charge in [0.15, 0.2) is 0 Å². The van der Waals surface area contributed by atoms with Crippen LogP contribution in [-0.2, 0) is 4.79 Å². The number of carbonyl (C=O) groups excluding carboxylic acids is 1. The summed E-state index contributed by atoms with van der Waals surface area (Å²) in [6.07, 6.45) is 2.12. The normalized spacial score (nSPS) is 26.0. The molecule has 1 fully saturated rings. The van der Waals surface area contributed by atoms with E-state index < -0.39 is 0 Å². The third-order valence-electron chi connectivity index (χ3n) is 4.38. The summed E-state index contributed by atoms with van der Waals surface area (Å²) in [7, 11) is 0. The van der Waals surface area contributed by atoms with Crippen molar-refractivity contribution in [3.63, 3.8) is 0 Å². The molecule has 0 aliphatic carbocycles. The molecule has 2 atom stereocenters. The van der Waals surface area contributed by atoms with Crippen LogP contribution in [0.1, 0.15) is 47.5 Å². The van der Waals surface area contributed by atoms with Gasteiger partial charge in [-0.25, -0.2) is 0 Å². The lowest BCUT2D eigenvalue weighted by atomic mass is 9.81. The van der Waals surface area contributed by atoms with Gasteiger partial charge in [-0.2, -0.15) is 0 Å². The molecule has 2 unspecified atom stereocenters. The number of rotatable bonds is 4. The van der Waals surface area contributed by atoms with Gasteiger partial charge in [0, 0.05) is 12.6 Å². The first-order valence-electron chi connectivity index (χ1n) is 6.85. The molecule has 3 nitrogen and oxygen atoms in total. The summed E-state index contributed by atoms with van der Waals surface area (Å²) in [6, 6.07) is 0.311. The predicted octanol–water partition coefficient (Wildman–Crippen LogP) is 2.17. The van der Waals surface area contributed by atoms with Crippen molar-refractivity contribution in [1.29, 1.82) is 0 Å². The van der Waals surface area contributed by atoms with Crippen molar-refractivity contribution in [2.75, 3.05) is 13.1 Å². The van der Waals surface area contributed by atoms with E-state index in [2.05, 4.69) is 45.3 Å². The monoisotopic (exact) mass is 240 g/mol. The Kier molecular flexibility index (Phi) is 4.99. The molecule has 1 amide bonds. The van der Waals surface area contributed by atoms with Gasteiger partial charge in [-0.05, 0) is 37.6 Å². The Hall–Kier alpha value is -0.570. The van der Waals surface area contributed by atoms with Gasteiger partial charge in [0.25, 0.3) is 0 Å². The molecule has 0 radical (unpaired) electrons. The maximum Gasteiger partial charge on any atom is 0.224 e. The SMILES string of the molecule is CC1NCCCC1C(=O)NCC(C)(C)C(C)C. The highest BCUT2D eigenvalue weighted by Gasteiger charge is 2.29. The predicted molar refractivity (Wildman–Crippen MR) is 71.8 cm³/mol. The molecule has 1 rings (SSSR count). The van der Waals surface area contributed by atoms with E-state index in [1.54, 1.807) is 0 Å². The molecule has 0 aromatic heterocycles. The molecule has 1 aliphatic rings. The van der Waals surface area contributed by atoms with Crippen molar-refractivity contribution >= 4 is 5.91 Å². The van der Waals surface area contributed by atoms with E-state index in [-0.39, 0.29) is 17.2 Å². The van der Waals surface area contributed by atoms with Gasteiger partial charge < -0.3 is 10.6 Å². The van der Waals surface area contributed by atoms with Crippen LogP contribution in [0.2, 0.25) is 0 Å². The lowest BCUT2D eigenvalue weighted by Gasteiger charge is -2.33. The first-order valence-corrected chi connectivity index (χ1v) is 6.85. The first-order chi connectivity index (χ1) is 7.84. The van der Waals surface area contributed by atoms with Crippen LogP contribution in [0.5, 0.6) is 0 Å². The zero-order valence-electron chi connectivity index (χ0n) is 12.0. The molecule has 0 aromatic carbocycles. The molecule has 3 heteroatoms. The summed E-state index contributed by atoms with van der Waals surface area (Å²) in [5.74, 6) is 0.940. The highest BCUT2D eigenvalue weighted by atomic mass is 16.1. The molecular weight excluding hydrogens is 212 g/mol. The Morgan fingerprint density at radius 3 is 2.65 bits per heavy atom. The fourth-order valence-electron chi connectivity index (χ4n) is 2.05. The Morgan fingerprint density at radius 1 is 1.47 bits per heavy atom. The zero-order chi connectivity index (χ0) is 13.1. The third-order valence-corrected chi connectivity index (χ3v) is 4.38. The summed E-state index contributed by atoms with van der Waals surface area (Å²) in [5, 5.41) is 6.50. The van der Waals surface area contributed by atoms with Gasteiger partial charge >= 0.3 is 0 Å². The summed E-state index contributed by atoms with van der Waals surface area (Å²) in [6.45, 7) is 12.8. The fourth-order valence-corrected chi connectivity index (χ4v) is 2.05. The average molecular weight is 240 g/mol. The maximum atomic E-state index is 12.1. The molecule has 1 saturated heterocycles. The summed E-state index contributed by atoms with van der Waals surface area (Å²) in [4.78, 5) is 12.1. The lowest BCUT2D eigenvalue weighted by molar-refractivity contribution is -0.127. The molecular formula is C14H28N2O. The molecule has 0 spiro atoms. The first kappa shape index (κ1) is 14.5. The second-order valence-corrected chi connectivity index (χ2v) is 6.35. The van der Waals surface area contributed by atoms with E-state index in [4.69, 9.17) is 0 Å². The van der Waals surface area contributed by atoms with Crippen LogP contribution in [0.4, 0.5) is 0 Å². The van der Waals surface area contributed by atoms with Crippen molar-refractivity contribution in [3.8, 4) is 0 Å². The number of piperidine rings is 1. The van der Waals surface area contributed by atoms with Crippen molar-refractivity contribution in [2.24, 2.45) is 17.3 Å². The molecule has 1 heterocycles. The van der Waals surface area contributed by atoms with Crippen LogP contribution in [0.3, 0.4) is 0 Å². The molecule has 100 valence electrons. The Bertz CT molecular complexity index is 261. The van der Waals surface area contributed by atoms with Gasteiger partial charge in [0.1, 0.15) is 0 Å². The minimum atomic E-state index is 0.145. The minimum Gasteiger partial charge on any atom is -0.355 e. The van der Waals surface area contributed by atoms with Crippen molar-refractivity contribution in [1.82, 2.24) is 10.6 Å². The lowest BCUT2D eigenvalue weighted by Crippen LogP contribution is -2.48. The third kappa shape index (κ3) is 3.98. The van der Waals surface area contributed by atoms with Gasteiger partial charge in [0.2, 0.25) is 5.91 Å². The quantitative estimate of drug-likeness (QED) is 0.791. The number of hydrogen-bond acceptors (Lipinski definition) is 2. The molecule has 0 aromatic rings. The summed E-state index contributed by atoms with van der Waals surface area (Å²) < 4.78 is 0. The van der Waals surface area contributed by atoms with E-state index in [1.165, 1.54) is 0 Å². The Balaban J connectivity index is 2.44. The average Bonchev–Trinajstić information content (AvgIpc) is 2.26. The zero-order valence-corrected chi connectivity index (χ0v) is 12.0. The summed E-state index contributed by atoms with van der Waals surface area (Å²) >= 11 is 0. The topological polar surface area (TPSA) is 41.1 Å². The fraction of sp³-hybridized carbons (Fsp3) is 0.929. The molecule has 2 N–H and O–H groups in total. The summed E-state index contributed by atoms with van der Waals surface area (Å²) in [5.41, 5.74) is 0.168. The van der Waals surface area contributed by atoms with E-state index in [9.17, 15) is 4.79 Å². The second-order valence-electron chi connectivity index (χ2n) is 6.35. The molecule has 0 saturated carbocycles. The Labute approximate surface area is 106 Å². The molecule has 17 heavy (non-hydrogen) atoms. The molecule has 0 bridgehead atoms. The van der Waals surface area contributed by atoms with Crippen LogP contribution < -0.4 is 10.6 Å². The largest absolute Gasteiger partial charge is 0.355 e. The number of nitrogens with one attached hydrogen (secondary N) is 2. The van der Waals surface area contributed by atoms with Gasteiger partial charge in [-0.15, -0.1) is 0 Å². The minimum absolute atomic E-state index is 0.145. The maximum absolute atomic E-state index is 12.1. The van der Waals surface area contributed by atoms with Crippen molar-refractivity contribution < 1.29 is 4.79 Å². The van der Waals surface area contributed by atoms with Gasteiger partial charge in [0.05, 0.1) is 5.92 Å². The Morgan fingerprint density at radius 2 is 2.12 bits per heavy atom. The van der Waals surface area contributed by atoms with E-state index in [1.807, 2.05) is 0 Å². The van der Waals surface area contributed by atoms with Crippen LogP contribution >= 0.6 is 0 Å². The van der Waals surface area contributed by atoms with Gasteiger partial charge in [-0.1, -0.05) is 27.7 Å². The molecule has 1 aliphatic heterocycles. The highest BCUT2D eigenvalue weighted by molar-refractivity contribution is 5.79. The van der Waals surface area contributed by atoms with E-state index in [0.29, 0.717) is 12.0 Å². The van der Waals surface area contributed by atoms with Crippen LogP contribution in [0, 0.1) is 17.3 Å². The van der Waals surface area contributed by atoms with E-state index >= 15 is 0 Å². The van der Waals surface area contributed by atoms with Crippen LogP contribution in [-0.4, -0.2) is 25.0 Å². The number of hydrogen-bond donors (Lipinski definition) is 2. The smallest absolute Gasteiger partial charge is 0.224 e. The van der Waals surface area contributed by atoms with Gasteiger partial charge in [-0.3, -0.25) is 4.79 Å².